The Morgan fingerprint density at radius 3 is 1.20 bits per heavy atom. The second kappa shape index (κ2) is 14.8. The minimum atomic E-state index is -0.0922. The molecule has 7 aromatic carbocycles. The maximum absolute atomic E-state index is 3.93. The number of hydrogen-bond donors (Lipinski definition) is 1. The highest BCUT2D eigenvalue weighted by Gasteiger charge is 2.25. The summed E-state index contributed by atoms with van der Waals surface area (Å²) in [5.74, 6) is 0. The Morgan fingerprint density at radius 2 is 0.734 bits per heavy atom. The standard InChI is InChI=1S/C62H68N2/c1-58(2,3)43-22-16-38(17-23-43)40-20-28-55-51(32-40)52-33-41(39-18-24-44(25-19-39)59(4,5)6)21-29-56(52)64(55)48-31-42(30-46(34-48)61(10,11)12)49-36-47(62(13,14)15)37-53-50-35-45(60(7,8)9)26-27-54(50)63-57(49)53/h16-37,63H,1-15H3. The van der Waals surface area contributed by atoms with Crippen molar-refractivity contribution in [1.82, 2.24) is 9.55 Å². The molecule has 0 atom stereocenters. The van der Waals surface area contributed by atoms with E-state index in [1.54, 1.807) is 0 Å². The van der Waals surface area contributed by atoms with Crippen molar-refractivity contribution in [2.75, 3.05) is 0 Å². The van der Waals surface area contributed by atoms with Crippen LogP contribution in [0.3, 0.4) is 0 Å². The molecular formula is C62H68N2. The molecule has 0 aliphatic carbocycles. The van der Waals surface area contributed by atoms with Crippen molar-refractivity contribution in [3.63, 3.8) is 0 Å². The average molecular weight is 841 g/mol. The first-order valence-corrected chi connectivity index (χ1v) is 23.4. The van der Waals surface area contributed by atoms with Crippen molar-refractivity contribution < 1.29 is 0 Å². The number of aromatic nitrogens is 2. The van der Waals surface area contributed by atoms with Gasteiger partial charge in [-0.1, -0.05) is 177 Å². The van der Waals surface area contributed by atoms with Crippen molar-refractivity contribution in [3.05, 3.63) is 161 Å². The Morgan fingerprint density at radius 1 is 0.312 bits per heavy atom. The highest BCUT2D eigenvalue weighted by molar-refractivity contribution is 6.14. The Labute approximate surface area is 382 Å². The second-order valence-corrected chi connectivity index (χ2v) is 23.8. The third-order valence-corrected chi connectivity index (χ3v) is 13.7. The lowest BCUT2D eigenvalue weighted by atomic mass is 9.82. The van der Waals surface area contributed by atoms with Gasteiger partial charge in [0.2, 0.25) is 0 Å². The molecular weight excluding hydrogens is 773 g/mol. The smallest absolute Gasteiger partial charge is 0.0544 e. The maximum atomic E-state index is 3.93. The van der Waals surface area contributed by atoms with Crippen LogP contribution >= 0.6 is 0 Å². The van der Waals surface area contributed by atoms with Gasteiger partial charge in [-0.3, -0.25) is 0 Å². The molecule has 0 radical (unpaired) electrons. The molecule has 326 valence electrons. The molecule has 0 aliphatic heterocycles. The molecule has 64 heavy (non-hydrogen) atoms. The first kappa shape index (κ1) is 43.4. The Kier molecular flexibility index (Phi) is 10.1. The van der Waals surface area contributed by atoms with Crippen LogP contribution in [0.1, 0.15) is 132 Å². The van der Waals surface area contributed by atoms with Gasteiger partial charge in [-0.15, -0.1) is 0 Å². The lowest BCUT2D eigenvalue weighted by Gasteiger charge is -2.24. The van der Waals surface area contributed by atoms with Crippen LogP contribution in [0.2, 0.25) is 0 Å². The largest absolute Gasteiger partial charge is 0.354 e. The number of aromatic amines is 1. The van der Waals surface area contributed by atoms with Gasteiger partial charge in [-0.2, -0.15) is 0 Å². The van der Waals surface area contributed by atoms with Gasteiger partial charge in [0.15, 0.2) is 0 Å². The van der Waals surface area contributed by atoms with Crippen molar-refractivity contribution in [2.24, 2.45) is 0 Å². The van der Waals surface area contributed by atoms with Crippen molar-refractivity contribution in [2.45, 2.75) is 131 Å². The van der Waals surface area contributed by atoms with Gasteiger partial charge in [-0.05, 0) is 143 Å². The molecule has 2 aromatic heterocycles. The van der Waals surface area contributed by atoms with Gasteiger partial charge in [0.05, 0.1) is 16.6 Å². The van der Waals surface area contributed by atoms with E-state index in [0.717, 1.165) is 0 Å². The molecule has 1 N–H and O–H groups in total. The molecule has 0 aliphatic rings. The lowest BCUT2D eigenvalue weighted by molar-refractivity contribution is 0.589. The maximum Gasteiger partial charge on any atom is 0.0544 e. The molecule has 0 bridgehead atoms. The monoisotopic (exact) mass is 841 g/mol. The summed E-state index contributed by atoms with van der Waals surface area (Å²) in [4.78, 5) is 3.93. The summed E-state index contributed by atoms with van der Waals surface area (Å²) in [6.07, 6.45) is 0. The van der Waals surface area contributed by atoms with Gasteiger partial charge >= 0.3 is 0 Å². The van der Waals surface area contributed by atoms with Crippen molar-refractivity contribution in [1.29, 1.82) is 0 Å². The zero-order valence-electron chi connectivity index (χ0n) is 41.1. The fraction of sp³-hybridized carbons (Fsp3) is 0.323. The third-order valence-electron chi connectivity index (χ3n) is 13.7. The van der Waals surface area contributed by atoms with Crippen LogP contribution in [0.5, 0.6) is 0 Å². The minimum Gasteiger partial charge on any atom is -0.354 e. The van der Waals surface area contributed by atoms with Gasteiger partial charge in [0, 0.05) is 38.3 Å². The van der Waals surface area contributed by atoms with E-state index in [9.17, 15) is 0 Å². The lowest BCUT2D eigenvalue weighted by Crippen LogP contribution is -2.13. The number of rotatable bonds is 4. The van der Waals surface area contributed by atoms with Crippen LogP contribution in [-0.2, 0) is 27.1 Å². The van der Waals surface area contributed by atoms with E-state index in [-0.39, 0.29) is 27.1 Å². The summed E-state index contributed by atoms with van der Waals surface area (Å²) in [5, 5.41) is 5.09. The second-order valence-electron chi connectivity index (χ2n) is 23.8. The Hall–Kier alpha value is -5.86. The highest BCUT2D eigenvalue weighted by atomic mass is 15.0. The molecule has 9 rings (SSSR count). The highest BCUT2D eigenvalue weighted by Crippen LogP contribution is 2.43. The van der Waals surface area contributed by atoms with E-state index in [2.05, 4.69) is 247 Å². The molecule has 0 spiro atoms. The number of fused-ring (bicyclic) bond motifs is 6. The molecule has 9 aromatic rings. The summed E-state index contributed by atoms with van der Waals surface area (Å²) in [6.45, 7) is 34.6. The van der Waals surface area contributed by atoms with E-state index < -0.39 is 0 Å². The van der Waals surface area contributed by atoms with Crippen molar-refractivity contribution >= 4 is 43.6 Å². The Balaban J connectivity index is 1.31. The van der Waals surface area contributed by atoms with E-state index in [0.29, 0.717) is 0 Å². The Bertz CT molecular complexity index is 3120. The average Bonchev–Trinajstić information content (AvgIpc) is 3.76. The van der Waals surface area contributed by atoms with Crippen molar-refractivity contribution in [3.8, 4) is 39.1 Å². The summed E-state index contributed by atoms with van der Waals surface area (Å²) in [6, 6.07) is 51.8. The van der Waals surface area contributed by atoms with Gasteiger partial charge in [0.1, 0.15) is 0 Å². The predicted molar refractivity (Wildman–Crippen MR) is 280 cm³/mol. The van der Waals surface area contributed by atoms with Crippen LogP contribution in [0, 0.1) is 0 Å². The fourth-order valence-corrected chi connectivity index (χ4v) is 9.44. The van der Waals surface area contributed by atoms with Gasteiger partial charge in [0.25, 0.3) is 0 Å². The summed E-state index contributed by atoms with van der Waals surface area (Å²) >= 11 is 0. The number of hydrogen-bond acceptors (Lipinski definition) is 0. The molecule has 0 unspecified atom stereocenters. The predicted octanol–water partition coefficient (Wildman–Crippen LogP) is 17.9. The number of nitrogens with zero attached hydrogens (tertiary/aromatic N) is 1. The van der Waals surface area contributed by atoms with E-state index >= 15 is 0 Å². The third kappa shape index (κ3) is 7.88. The van der Waals surface area contributed by atoms with Crippen LogP contribution in [0.15, 0.2) is 133 Å². The topological polar surface area (TPSA) is 20.7 Å². The van der Waals surface area contributed by atoms with Crippen LogP contribution in [-0.4, -0.2) is 9.55 Å². The molecule has 0 fully saturated rings. The summed E-state index contributed by atoms with van der Waals surface area (Å²) in [7, 11) is 0. The zero-order valence-corrected chi connectivity index (χ0v) is 41.1. The molecule has 0 saturated heterocycles. The van der Waals surface area contributed by atoms with E-state index in [4.69, 9.17) is 0 Å². The normalized spacial score (nSPS) is 13.2. The summed E-state index contributed by atoms with van der Waals surface area (Å²) in [5.41, 5.74) is 20.1. The quantitative estimate of drug-likeness (QED) is 0.182. The minimum absolute atomic E-state index is 0.0407. The van der Waals surface area contributed by atoms with Gasteiger partial charge in [-0.25, -0.2) is 0 Å². The fourth-order valence-electron chi connectivity index (χ4n) is 9.44. The SMILES string of the molecule is CC(C)(C)c1ccc(-c2ccc3c(c2)c2cc(-c4ccc(C(C)(C)C)cc4)ccc2n3-c2cc(-c3cc(C(C)(C)C)cc4c3[nH]c3ccc(C(C)(C)C)cc34)cc(C(C)(C)C)c2)cc1. The van der Waals surface area contributed by atoms with Crippen LogP contribution in [0.4, 0.5) is 0 Å². The molecule has 0 saturated carbocycles. The number of nitrogens with one attached hydrogen (secondary N) is 1. The van der Waals surface area contributed by atoms with Gasteiger partial charge < -0.3 is 9.55 Å². The molecule has 0 amide bonds. The first-order valence-electron chi connectivity index (χ1n) is 23.4. The number of H-pyrrole nitrogens is 1. The zero-order chi connectivity index (χ0) is 45.9. The molecule has 2 heteroatoms. The molecule has 2 nitrogen and oxygen atoms in total. The molecule has 2 heterocycles. The van der Waals surface area contributed by atoms with Crippen LogP contribution < -0.4 is 0 Å². The van der Waals surface area contributed by atoms with E-state index in [1.165, 1.54) is 110 Å². The first-order chi connectivity index (χ1) is 29.8. The van der Waals surface area contributed by atoms with E-state index in [1.807, 2.05) is 0 Å². The number of benzene rings is 7. The summed E-state index contributed by atoms with van der Waals surface area (Å²) < 4.78 is 2.52. The van der Waals surface area contributed by atoms with Crippen LogP contribution in [0.25, 0.3) is 82.7 Å².